The minimum Gasteiger partial charge on any atom is -0.497 e. The number of hydrogen-bond donors (Lipinski definition) is 1. The first kappa shape index (κ1) is 14.9. The van der Waals surface area contributed by atoms with Crippen molar-refractivity contribution >= 4 is 21.8 Å². The van der Waals surface area contributed by atoms with E-state index in [2.05, 4.69) is 21.2 Å². The molecule has 1 amide bonds. The zero-order chi connectivity index (χ0) is 13.7. The number of carbonyl (C=O) groups excluding carboxylic acids is 1. The molecule has 1 atom stereocenters. The van der Waals surface area contributed by atoms with Crippen LogP contribution < -0.4 is 10.1 Å². The molecule has 0 saturated carbocycles. The number of nitrogens with one attached hydrogen (secondary N) is 1. The average Bonchev–Trinajstić information content (AvgIpc) is 2.35. The van der Waals surface area contributed by atoms with Gasteiger partial charge in [-0.3, -0.25) is 4.79 Å². The lowest BCUT2D eigenvalue weighted by atomic mass is 10.1. The van der Waals surface area contributed by atoms with Crippen LogP contribution >= 0.6 is 15.9 Å². The van der Waals surface area contributed by atoms with E-state index in [1.807, 2.05) is 0 Å². The maximum Gasteiger partial charge on any atom is 0.258 e. The molecule has 0 aliphatic carbocycles. The van der Waals surface area contributed by atoms with E-state index < -0.39 is 18.4 Å². The second kappa shape index (κ2) is 6.68. The van der Waals surface area contributed by atoms with Crippen LogP contribution in [0.4, 0.5) is 8.78 Å². The van der Waals surface area contributed by atoms with Crippen molar-refractivity contribution in [1.82, 2.24) is 5.32 Å². The molecule has 0 unspecified atom stereocenters. The highest BCUT2D eigenvalue weighted by molar-refractivity contribution is 9.10. The topological polar surface area (TPSA) is 38.3 Å². The van der Waals surface area contributed by atoms with Crippen LogP contribution in [0.3, 0.4) is 0 Å². The Morgan fingerprint density at radius 3 is 2.67 bits per heavy atom. The summed E-state index contributed by atoms with van der Waals surface area (Å²) in [6.07, 6.45) is -2.41. The lowest BCUT2D eigenvalue weighted by Gasteiger charge is -2.16. The fourth-order valence-corrected chi connectivity index (χ4v) is 1.82. The summed E-state index contributed by atoms with van der Waals surface area (Å²) >= 11 is 3.21. The van der Waals surface area contributed by atoms with Crippen LogP contribution in [0.1, 0.15) is 23.7 Å². The number of carbonyl (C=O) groups is 1. The van der Waals surface area contributed by atoms with E-state index in [0.29, 0.717) is 10.2 Å². The molecule has 6 heteroatoms. The van der Waals surface area contributed by atoms with Crippen molar-refractivity contribution in [3.8, 4) is 5.75 Å². The van der Waals surface area contributed by atoms with Crippen molar-refractivity contribution in [2.24, 2.45) is 0 Å². The van der Waals surface area contributed by atoms with E-state index in [1.54, 1.807) is 19.1 Å². The molecule has 1 N–H and O–H groups in total. The first-order valence-corrected chi connectivity index (χ1v) is 6.21. The Kier molecular flexibility index (Phi) is 5.53. The molecule has 0 fully saturated rings. The van der Waals surface area contributed by atoms with Crippen molar-refractivity contribution < 1.29 is 18.3 Å². The number of halogens is 3. The second-order valence-corrected chi connectivity index (χ2v) is 4.52. The molecular formula is C12H14BrF2NO2. The summed E-state index contributed by atoms with van der Waals surface area (Å²) in [5, 5.41) is 2.30. The van der Waals surface area contributed by atoms with Crippen molar-refractivity contribution in [3.05, 3.63) is 28.2 Å². The second-order valence-electron chi connectivity index (χ2n) is 3.67. The molecule has 1 aromatic carbocycles. The maximum absolute atomic E-state index is 12.6. The summed E-state index contributed by atoms with van der Waals surface area (Å²) in [6.45, 7) is 1.59. The SMILES string of the molecule is CC[C@@H](NC(=O)c1cc(OC)ccc1Br)C(F)F. The third-order valence-electron chi connectivity index (χ3n) is 2.48. The molecule has 0 radical (unpaired) electrons. The molecule has 0 saturated heterocycles. The Morgan fingerprint density at radius 2 is 2.17 bits per heavy atom. The van der Waals surface area contributed by atoms with Crippen molar-refractivity contribution in [2.75, 3.05) is 7.11 Å². The van der Waals surface area contributed by atoms with Crippen molar-refractivity contribution in [2.45, 2.75) is 25.8 Å². The van der Waals surface area contributed by atoms with E-state index in [9.17, 15) is 13.6 Å². The summed E-state index contributed by atoms with van der Waals surface area (Å²) < 4.78 is 30.7. The third-order valence-corrected chi connectivity index (χ3v) is 3.17. The first-order valence-electron chi connectivity index (χ1n) is 5.42. The van der Waals surface area contributed by atoms with Gasteiger partial charge in [0.2, 0.25) is 0 Å². The summed E-state index contributed by atoms with van der Waals surface area (Å²) in [5.74, 6) is -0.0543. The molecule has 0 aliphatic heterocycles. The quantitative estimate of drug-likeness (QED) is 0.904. The molecule has 0 spiro atoms. The molecule has 0 aromatic heterocycles. The number of amides is 1. The Hall–Kier alpha value is -1.17. The third kappa shape index (κ3) is 3.66. The zero-order valence-corrected chi connectivity index (χ0v) is 11.6. The van der Waals surface area contributed by atoms with Gasteiger partial charge in [-0.1, -0.05) is 6.92 Å². The van der Waals surface area contributed by atoms with Gasteiger partial charge >= 0.3 is 0 Å². The van der Waals surface area contributed by atoms with Crippen LogP contribution in [0.2, 0.25) is 0 Å². The number of hydrogen-bond acceptors (Lipinski definition) is 2. The first-order chi connectivity index (χ1) is 8.49. The number of methoxy groups -OCH3 is 1. The van der Waals surface area contributed by atoms with Gasteiger partial charge in [0.1, 0.15) is 5.75 Å². The van der Waals surface area contributed by atoms with Crippen molar-refractivity contribution in [3.63, 3.8) is 0 Å². The number of benzene rings is 1. The highest BCUT2D eigenvalue weighted by atomic mass is 79.9. The van der Waals surface area contributed by atoms with Gasteiger partial charge in [0.25, 0.3) is 12.3 Å². The normalized spacial score (nSPS) is 12.3. The van der Waals surface area contributed by atoms with E-state index in [0.717, 1.165) is 0 Å². The van der Waals surface area contributed by atoms with Crippen LogP contribution in [0.15, 0.2) is 22.7 Å². The predicted octanol–water partition coefficient (Wildman–Crippen LogP) is 3.23. The van der Waals surface area contributed by atoms with Gasteiger partial charge in [0, 0.05) is 4.47 Å². The molecular weight excluding hydrogens is 308 g/mol. The monoisotopic (exact) mass is 321 g/mol. The summed E-state index contributed by atoms with van der Waals surface area (Å²) in [4.78, 5) is 11.9. The molecule has 0 aliphatic rings. The van der Waals surface area contributed by atoms with Crippen molar-refractivity contribution in [1.29, 1.82) is 0 Å². The van der Waals surface area contributed by atoms with Gasteiger partial charge in [0.05, 0.1) is 18.7 Å². The molecule has 0 heterocycles. The minimum absolute atomic E-state index is 0.172. The van der Waals surface area contributed by atoms with Gasteiger partial charge < -0.3 is 10.1 Å². The van der Waals surface area contributed by atoms with Crippen LogP contribution in [-0.4, -0.2) is 25.5 Å². The smallest absolute Gasteiger partial charge is 0.258 e. The molecule has 1 aromatic rings. The van der Waals surface area contributed by atoms with Gasteiger partial charge in [-0.15, -0.1) is 0 Å². The van der Waals surface area contributed by atoms with Crippen LogP contribution in [-0.2, 0) is 0 Å². The van der Waals surface area contributed by atoms with Crippen LogP contribution in [0.5, 0.6) is 5.75 Å². The largest absolute Gasteiger partial charge is 0.497 e. The Balaban J connectivity index is 2.89. The van der Waals surface area contributed by atoms with Gasteiger partial charge in [-0.25, -0.2) is 8.78 Å². The summed E-state index contributed by atoms with van der Waals surface area (Å²) in [6, 6.07) is 3.66. The zero-order valence-electron chi connectivity index (χ0n) is 10.0. The van der Waals surface area contributed by atoms with E-state index in [-0.39, 0.29) is 12.0 Å². The van der Waals surface area contributed by atoms with E-state index in [1.165, 1.54) is 13.2 Å². The molecule has 0 bridgehead atoms. The number of ether oxygens (including phenoxy) is 1. The van der Waals surface area contributed by atoms with Gasteiger partial charge in [0.15, 0.2) is 0 Å². The molecule has 1 rings (SSSR count). The van der Waals surface area contributed by atoms with Crippen LogP contribution in [0, 0.1) is 0 Å². The fourth-order valence-electron chi connectivity index (χ4n) is 1.39. The standard InChI is InChI=1S/C12H14BrF2NO2/c1-3-10(11(14)15)16-12(17)8-6-7(18-2)4-5-9(8)13/h4-6,10-11H,3H2,1-2H3,(H,16,17)/t10-/m1/s1. The lowest BCUT2D eigenvalue weighted by Crippen LogP contribution is -2.39. The Bertz CT molecular complexity index is 427. The van der Waals surface area contributed by atoms with E-state index >= 15 is 0 Å². The predicted molar refractivity (Wildman–Crippen MR) is 68.2 cm³/mol. The number of alkyl halides is 2. The highest BCUT2D eigenvalue weighted by Crippen LogP contribution is 2.22. The van der Waals surface area contributed by atoms with E-state index in [4.69, 9.17) is 4.74 Å². The molecule has 3 nitrogen and oxygen atoms in total. The fraction of sp³-hybridized carbons (Fsp3) is 0.417. The highest BCUT2D eigenvalue weighted by Gasteiger charge is 2.22. The Morgan fingerprint density at radius 1 is 1.50 bits per heavy atom. The Labute approximate surface area is 113 Å². The van der Waals surface area contributed by atoms with Gasteiger partial charge in [-0.2, -0.15) is 0 Å². The molecule has 18 heavy (non-hydrogen) atoms. The number of rotatable bonds is 5. The summed E-state index contributed by atoms with van der Waals surface area (Å²) in [7, 11) is 1.47. The average molecular weight is 322 g/mol. The maximum atomic E-state index is 12.6. The summed E-state index contributed by atoms with van der Waals surface area (Å²) in [5.41, 5.74) is 0.272. The van der Waals surface area contributed by atoms with Gasteiger partial charge in [-0.05, 0) is 40.5 Å². The lowest BCUT2D eigenvalue weighted by molar-refractivity contribution is 0.0736. The molecule has 100 valence electrons. The minimum atomic E-state index is -2.58. The van der Waals surface area contributed by atoms with Crippen LogP contribution in [0.25, 0.3) is 0 Å².